The summed E-state index contributed by atoms with van der Waals surface area (Å²) in [7, 11) is -0.490. The molecule has 1 fully saturated rings. The van der Waals surface area contributed by atoms with Gasteiger partial charge in [0.15, 0.2) is 5.76 Å². The van der Waals surface area contributed by atoms with Crippen LogP contribution in [0.3, 0.4) is 0 Å². The van der Waals surface area contributed by atoms with E-state index in [0.717, 1.165) is 22.1 Å². The van der Waals surface area contributed by atoms with Gasteiger partial charge in [0.25, 0.3) is 0 Å². The third kappa shape index (κ3) is 2.27. The molecule has 0 spiro atoms. The molecule has 2 aromatic heterocycles. The zero-order valence-corrected chi connectivity index (χ0v) is 14.4. The predicted octanol–water partition coefficient (Wildman–Crippen LogP) is 3.79. The first-order chi connectivity index (χ1) is 11.4. The highest BCUT2D eigenvalue weighted by molar-refractivity contribution is 6.66. The molecule has 0 radical (unpaired) electrons. The van der Waals surface area contributed by atoms with Crippen LogP contribution in [0.5, 0.6) is 0 Å². The molecule has 0 N–H and O–H groups in total. The van der Waals surface area contributed by atoms with Gasteiger partial charge in [0, 0.05) is 17.0 Å². The molecule has 3 heterocycles. The largest absolute Gasteiger partial charge is 0.499 e. The molecule has 0 saturated carbocycles. The van der Waals surface area contributed by atoms with E-state index < -0.39 is 18.3 Å². The maximum Gasteiger partial charge on any atom is 0.499 e. The van der Waals surface area contributed by atoms with Gasteiger partial charge in [-0.3, -0.25) is 4.98 Å². The van der Waals surface area contributed by atoms with Crippen LogP contribution >= 0.6 is 0 Å². The quantitative estimate of drug-likeness (QED) is 0.674. The second kappa shape index (κ2) is 5.20. The van der Waals surface area contributed by atoms with Gasteiger partial charge in [0.2, 0.25) is 0 Å². The first-order valence-corrected chi connectivity index (χ1v) is 8.17. The molecule has 0 atom stereocenters. The summed E-state index contributed by atoms with van der Waals surface area (Å²) in [6.07, 6.45) is 1.76. The standard InChI is InChI=1S/C19H20BNO3/c1-18(2)19(3,4)24-20(23-18)16-13-9-5-6-11-15(13)22-17(16)14-10-7-8-12-21-14/h5-12H,1-4H3. The smallest absolute Gasteiger partial charge is 0.455 e. The van der Waals surface area contributed by atoms with Crippen LogP contribution in [0.2, 0.25) is 0 Å². The molecule has 4 nitrogen and oxygen atoms in total. The minimum atomic E-state index is -0.490. The number of para-hydroxylation sites is 1. The van der Waals surface area contributed by atoms with Gasteiger partial charge in [-0.1, -0.05) is 24.3 Å². The van der Waals surface area contributed by atoms with E-state index in [9.17, 15) is 0 Å². The fourth-order valence-corrected chi connectivity index (χ4v) is 2.95. The Morgan fingerprint density at radius 1 is 0.875 bits per heavy atom. The molecule has 0 amide bonds. The summed E-state index contributed by atoms with van der Waals surface area (Å²) < 4.78 is 18.6. The van der Waals surface area contributed by atoms with Crippen molar-refractivity contribution in [2.45, 2.75) is 38.9 Å². The molecule has 3 aromatic rings. The molecule has 4 rings (SSSR count). The van der Waals surface area contributed by atoms with E-state index in [2.05, 4.69) is 32.7 Å². The molecule has 1 aliphatic heterocycles. The van der Waals surface area contributed by atoms with Crippen molar-refractivity contribution in [1.82, 2.24) is 4.98 Å². The summed E-state index contributed by atoms with van der Waals surface area (Å²) in [4.78, 5) is 4.44. The maximum atomic E-state index is 6.27. The van der Waals surface area contributed by atoms with Crippen molar-refractivity contribution in [2.75, 3.05) is 0 Å². The Bertz CT molecular complexity index is 870. The topological polar surface area (TPSA) is 44.5 Å². The molecule has 0 bridgehead atoms. The van der Waals surface area contributed by atoms with Gasteiger partial charge in [0.05, 0.1) is 11.2 Å². The molecule has 1 aliphatic rings. The second-order valence-corrected chi connectivity index (χ2v) is 7.14. The SMILES string of the molecule is CC1(C)OB(c2c(-c3ccccn3)oc3ccccc23)OC1(C)C. The van der Waals surface area contributed by atoms with Crippen molar-refractivity contribution >= 4 is 23.6 Å². The van der Waals surface area contributed by atoms with E-state index in [-0.39, 0.29) is 0 Å². The Morgan fingerprint density at radius 3 is 2.21 bits per heavy atom. The molecular weight excluding hydrogens is 301 g/mol. The fraction of sp³-hybridized carbons (Fsp3) is 0.316. The van der Waals surface area contributed by atoms with Crippen molar-refractivity contribution in [3.63, 3.8) is 0 Å². The van der Waals surface area contributed by atoms with E-state index >= 15 is 0 Å². The molecule has 122 valence electrons. The van der Waals surface area contributed by atoms with Crippen molar-refractivity contribution < 1.29 is 13.7 Å². The van der Waals surface area contributed by atoms with Crippen molar-refractivity contribution in [1.29, 1.82) is 0 Å². The lowest BCUT2D eigenvalue weighted by Crippen LogP contribution is -2.41. The Morgan fingerprint density at radius 2 is 1.54 bits per heavy atom. The van der Waals surface area contributed by atoms with Crippen molar-refractivity contribution in [3.05, 3.63) is 48.7 Å². The summed E-state index contributed by atoms with van der Waals surface area (Å²) in [5.74, 6) is 0.704. The van der Waals surface area contributed by atoms with Crippen LogP contribution in [0, 0.1) is 0 Å². The van der Waals surface area contributed by atoms with Crippen molar-refractivity contribution in [2.24, 2.45) is 0 Å². The van der Waals surface area contributed by atoms with Crippen LogP contribution in [0.4, 0.5) is 0 Å². The Kier molecular flexibility index (Phi) is 3.34. The summed E-state index contributed by atoms with van der Waals surface area (Å²) in [5.41, 5.74) is 1.68. The number of fused-ring (bicyclic) bond motifs is 1. The zero-order chi connectivity index (χ0) is 16.9. The van der Waals surface area contributed by atoms with E-state index in [1.807, 2.05) is 42.5 Å². The fourth-order valence-electron chi connectivity index (χ4n) is 2.95. The van der Waals surface area contributed by atoms with Gasteiger partial charge in [-0.05, 0) is 45.9 Å². The number of hydrogen-bond acceptors (Lipinski definition) is 4. The minimum Gasteiger partial charge on any atom is -0.455 e. The van der Waals surface area contributed by atoms with E-state index in [1.54, 1.807) is 6.20 Å². The number of pyridine rings is 1. The highest BCUT2D eigenvalue weighted by Crippen LogP contribution is 2.38. The van der Waals surface area contributed by atoms with Crippen LogP contribution < -0.4 is 5.46 Å². The van der Waals surface area contributed by atoms with Crippen LogP contribution in [-0.4, -0.2) is 23.3 Å². The first kappa shape index (κ1) is 15.4. The molecule has 5 heteroatoms. The third-order valence-electron chi connectivity index (χ3n) is 5.02. The van der Waals surface area contributed by atoms with Gasteiger partial charge >= 0.3 is 7.12 Å². The Balaban J connectivity index is 1.92. The maximum absolute atomic E-state index is 6.27. The average Bonchev–Trinajstić information content (AvgIpc) is 3.03. The van der Waals surface area contributed by atoms with Crippen LogP contribution in [0.15, 0.2) is 53.1 Å². The van der Waals surface area contributed by atoms with Gasteiger partial charge in [-0.15, -0.1) is 0 Å². The third-order valence-corrected chi connectivity index (χ3v) is 5.02. The monoisotopic (exact) mass is 321 g/mol. The number of benzene rings is 1. The summed E-state index contributed by atoms with van der Waals surface area (Å²) in [6.45, 7) is 8.21. The minimum absolute atomic E-state index is 0.405. The van der Waals surface area contributed by atoms with Crippen LogP contribution in [0.1, 0.15) is 27.7 Å². The Labute approximate surface area is 141 Å². The number of rotatable bonds is 2. The van der Waals surface area contributed by atoms with E-state index in [1.165, 1.54) is 0 Å². The number of furan rings is 1. The van der Waals surface area contributed by atoms with Gasteiger partial charge in [0.1, 0.15) is 11.3 Å². The highest BCUT2D eigenvalue weighted by atomic mass is 16.7. The van der Waals surface area contributed by atoms with Gasteiger partial charge < -0.3 is 13.7 Å². The molecule has 1 saturated heterocycles. The van der Waals surface area contributed by atoms with E-state index in [4.69, 9.17) is 13.7 Å². The number of nitrogens with zero attached hydrogens (tertiary/aromatic N) is 1. The second-order valence-electron chi connectivity index (χ2n) is 7.14. The highest BCUT2D eigenvalue weighted by Gasteiger charge is 2.53. The van der Waals surface area contributed by atoms with Gasteiger partial charge in [-0.25, -0.2) is 0 Å². The van der Waals surface area contributed by atoms with E-state index in [0.29, 0.717) is 5.76 Å². The van der Waals surface area contributed by atoms with Crippen LogP contribution in [0.25, 0.3) is 22.4 Å². The molecule has 1 aromatic carbocycles. The van der Waals surface area contributed by atoms with Gasteiger partial charge in [-0.2, -0.15) is 0 Å². The number of aromatic nitrogens is 1. The molecule has 0 aliphatic carbocycles. The predicted molar refractivity (Wildman–Crippen MR) is 95.2 cm³/mol. The summed E-state index contributed by atoms with van der Waals surface area (Å²) in [6, 6.07) is 13.7. The summed E-state index contributed by atoms with van der Waals surface area (Å²) >= 11 is 0. The lowest BCUT2D eigenvalue weighted by molar-refractivity contribution is 0.00578. The lowest BCUT2D eigenvalue weighted by atomic mass is 9.76. The Hall–Kier alpha value is -2.11. The van der Waals surface area contributed by atoms with Crippen molar-refractivity contribution in [3.8, 4) is 11.5 Å². The molecule has 24 heavy (non-hydrogen) atoms. The number of hydrogen-bond donors (Lipinski definition) is 0. The molecule has 0 unspecified atom stereocenters. The van der Waals surface area contributed by atoms with Crippen LogP contribution in [-0.2, 0) is 9.31 Å². The lowest BCUT2D eigenvalue weighted by Gasteiger charge is -2.32. The summed E-state index contributed by atoms with van der Waals surface area (Å²) in [5, 5.41) is 0.997. The zero-order valence-electron chi connectivity index (χ0n) is 14.4. The first-order valence-electron chi connectivity index (χ1n) is 8.17. The normalized spacial score (nSPS) is 19.1. The average molecular weight is 321 g/mol. The molecular formula is C19H20BNO3.